The highest BCUT2D eigenvalue weighted by Gasteiger charge is 2.25. The number of nitrogens with one attached hydrogen (secondary N) is 1. The number of anilines is 1. The van der Waals surface area contributed by atoms with Gasteiger partial charge in [-0.25, -0.2) is 9.97 Å². The standard InChI is InChI=1S/C28H27Cl3N4O4/c1-37-25-12-21-24(32-16-33-28(21)34-19-6-7-22(30)23(31)11-19)13-26(25)39-15-20-14-35(8-9-38-20)27(36)10-17-2-4-18(29)5-3-17/h2-5,7,11-13,16,19-20H,6,8-10,14-15H2,1H3,(H,32,33,34). The van der Waals surface area contributed by atoms with Gasteiger partial charge in [0.05, 0.1) is 48.3 Å². The molecule has 3 aromatic rings. The second-order valence-corrected chi connectivity index (χ2v) is 10.5. The van der Waals surface area contributed by atoms with Crippen LogP contribution < -0.4 is 14.8 Å². The first-order valence-electron chi connectivity index (χ1n) is 12.5. The van der Waals surface area contributed by atoms with Crippen molar-refractivity contribution in [3.63, 3.8) is 0 Å². The Morgan fingerprint density at radius 2 is 1.95 bits per heavy atom. The lowest BCUT2D eigenvalue weighted by Gasteiger charge is -2.33. The number of nitrogens with zero attached hydrogens (tertiary/aromatic N) is 3. The molecule has 204 valence electrons. The van der Waals surface area contributed by atoms with E-state index in [1.165, 1.54) is 6.33 Å². The highest BCUT2D eigenvalue weighted by atomic mass is 35.5. The molecule has 2 aliphatic rings. The maximum Gasteiger partial charge on any atom is 0.227 e. The van der Waals surface area contributed by atoms with Gasteiger partial charge < -0.3 is 24.4 Å². The summed E-state index contributed by atoms with van der Waals surface area (Å²) in [5.74, 6) is 1.75. The Labute approximate surface area is 241 Å². The molecule has 0 saturated carbocycles. The third-order valence-electron chi connectivity index (χ3n) is 6.55. The molecule has 2 heterocycles. The molecule has 1 aromatic heterocycles. The number of morpholine rings is 1. The average Bonchev–Trinajstić information content (AvgIpc) is 2.95. The van der Waals surface area contributed by atoms with Crippen molar-refractivity contribution in [1.82, 2.24) is 14.9 Å². The van der Waals surface area contributed by atoms with E-state index in [0.29, 0.717) is 70.5 Å². The maximum absolute atomic E-state index is 12.9. The summed E-state index contributed by atoms with van der Waals surface area (Å²) >= 11 is 18.2. The largest absolute Gasteiger partial charge is 0.493 e. The molecular formula is C28H27Cl3N4O4. The van der Waals surface area contributed by atoms with Crippen LogP contribution >= 0.6 is 34.8 Å². The Hall–Kier alpha value is -3.04. The first kappa shape index (κ1) is 27.5. The zero-order valence-electron chi connectivity index (χ0n) is 21.2. The summed E-state index contributed by atoms with van der Waals surface area (Å²) in [5, 5.41) is 5.86. The van der Waals surface area contributed by atoms with E-state index in [1.54, 1.807) is 19.2 Å². The van der Waals surface area contributed by atoms with Crippen LogP contribution in [0.15, 0.2) is 64.9 Å². The van der Waals surface area contributed by atoms with Gasteiger partial charge in [-0.05, 0) is 36.3 Å². The molecule has 1 amide bonds. The molecule has 1 N–H and O–H groups in total. The van der Waals surface area contributed by atoms with Crippen molar-refractivity contribution in [2.24, 2.45) is 0 Å². The van der Waals surface area contributed by atoms with Gasteiger partial charge >= 0.3 is 0 Å². The minimum atomic E-state index is -0.279. The molecule has 1 aliphatic carbocycles. The van der Waals surface area contributed by atoms with Crippen LogP contribution in [0.2, 0.25) is 5.02 Å². The summed E-state index contributed by atoms with van der Waals surface area (Å²) in [6.45, 7) is 1.67. The van der Waals surface area contributed by atoms with Crippen molar-refractivity contribution in [3.05, 3.63) is 75.5 Å². The summed E-state index contributed by atoms with van der Waals surface area (Å²) in [7, 11) is 1.58. The highest BCUT2D eigenvalue weighted by molar-refractivity contribution is 6.44. The fourth-order valence-electron chi connectivity index (χ4n) is 4.50. The summed E-state index contributed by atoms with van der Waals surface area (Å²) in [6.07, 6.45) is 5.94. The van der Waals surface area contributed by atoms with Crippen LogP contribution in [0.5, 0.6) is 11.5 Å². The summed E-state index contributed by atoms with van der Waals surface area (Å²) < 4.78 is 17.6. The number of hydrogen-bond acceptors (Lipinski definition) is 7. The molecule has 0 spiro atoms. The molecule has 1 fully saturated rings. The zero-order valence-corrected chi connectivity index (χ0v) is 23.5. The molecule has 0 radical (unpaired) electrons. The second kappa shape index (κ2) is 12.4. The van der Waals surface area contributed by atoms with Crippen LogP contribution in [0, 0.1) is 0 Å². The first-order valence-corrected chi connectivity index (χ1v) is 13.6. The minimum Gasteiger partial charge on any atom is -0.493 e. The Morgan fingerprint density at radius 1 is 1.13 bits per heavy atom. The summed E-state index contributed by atoms with van der Waals surface area (Å²) in [4.78, 5) is 23.5. The Morgan fingerprint density at radius 3 is 2.72 bits per heavy atom. The van der Waals surface area contributed by atoms with Crippen molar-refractivity contribution in [3.8, 4) is 11.5 Å². The number of benzene rings is 2. The lowest BCUT2D eigenvalue weighted by molar-refractivity contribution is -0.139. The molecule has 0 bridgehead atoms. The van der Waals surface area contributed by atoms with Gasteiger partial charge in [0.1, 0.15) is 24.9 Å². The molecule has 2 atom stereocenters. The molecule has 11 heteroatoms. The number of fused-ring (bicyclic) bond motifs is 1. The van der Waals surface area contributed by atoms with E-state index >= 15 is 0 Å². The number of aromatic nitrogens is 2. The van der Waals surface area contributed by atoms with Gasteiger partial charge in [-0.15, -0.1) is 0 Å². The molecule has 8 nitrogen and oxygen atoms in total. The van der Waals surface area contributed by atoms with Crippen molar-refractivity contribution >= 4 is 57.4 Å². The number of rotatable bonds is 8. The maximum atomic E-state index is 12.9. The topological polar surface area (TPSA) is 85.8 Å². The van der Waals surface area contributed by atoms with Crippen LogP contribution in [0.4, 0.5) is 5.82 Å². The molecule has 2 aromatic carbocycles. The number of methoxy groups -OCH3 is 1. The average molecular weight is 590 g/mol. The number of allylic oxidation sites excluding steroid dienone is 2. The third kappa shape index (κ3) is 6.76. The number of amides is 1. The quantitative estimate of drug-likeness (QED) is 0.368. The highest BCUT2D eigenvalue weighted by Crippen LogP contribution is 2.35. The predicted molar refractivity (Wildman–Crippen MR) is 153 cm³/mol. The molecule has 1 aliphatic heterocycles. The lowest BCUT2D eigenvalue weighted by atomic mass is 10.1. The number of carbonyl (C=O) groups excluding carboxylic acids is 1. The van der Waals surface area contributed by atoms with Crippen LogP contribution in [0.3, 0.4) is 0 Å². The Bertz CT molecular complexity index is 1410. The molecule has 39 heavy (non-hydrogen) atoms. The van der Waals surface area contributed by atoms with E-state index in [2.05, 4.69) is 15.3 Å². The summed E-state index contributed by atoms with van der Waals surface area (Å²) in [5.41, 5.74) is 1.61. The Kier molecular flexibility index (Phi) is 8.77. The number of ether oxygens (including phenoxy) is 3. The van der Waals surface area contributed by atoms with Gasteiger partial charge in [-0.3, -0.25) is 4.79 Å². The number of halogens is 3. The van der Waals surface area contributed by atoms with E-state index in [1.807, 2.05) is 41.3 Å². The van der Waals surface area contributed by atoms with Gasteiger partial charge in [0.15, 0.2) is 11.5 Å². The third-order valence-corrected chi connectivity index (χ3v) is 7.59. The van der Waals surface area contributed by atoms with Crippen LogP contribution in [-0.2, 0) is 16.0 Å². The van der Waals surface area contributed by atoms with Crippen molar-refractivity contribution in [2.45, 2.75) is 25.0 Å². The lowest BCUT2D eigenvalue weighted by Crippen LogP contribution is -2.48. The van der Waals surface area contributed by atoms with E-state index < -0.39 is 0 Å². The van der Waals surface area contributed by atoms with Crippen molar-refractivity contribution in [2.75, 3.05) is 38.7 Å². The SMILES string of the molecule is COc1cc2c(NC3C=C(Cl)C(Cl)=CC3)ncnc2cc1OCC1CN(C(=O)Cc2ccc(Cl)cc2)CCO1. The van der Waals surface area contributed by atoms with Gasteiger partial charge in [0.2, 0.25) is 5.91 Å². The predicted octanol–water partition coefficient (Wildman–Crippen LogP) is 5.57. The van der Waals surface area contributed by atoms with E-state index in [0.717, 1.165) is 10.9 Å². The number of hydrogen-bond donors (Lipinski definition) is 1. The normalized spacial score (nSPS) is 19.3. The van der Waals surface area contributed by atoms with E-state index in [9.17, 15) is 4.79 Å². The van der Waals surface area contributed by atoms with Gasteiger partial charge in [-0.1, -0.05) is 53.0 Å². The fourth-order valence-corrected chi connectivity index (χ4v) is 5.01. The van der Waals surface area contributed by atoms with Crippen LogP contribution in [0.1, 0.15) is 12.0 Å². The molecular weight excluding hydrogens is 563 g/mol. The Balaban J connectivity index is 1.25. The van der Waals surface area contributed by atoms with E-state index in [-0.39, 0.29) is 24.7 Å². The zero-order chi connectivity index (χ0) is 27.4. The smallest absolute Gasteiger partial charge is 0.227 e. The van der Waals surface area contributed by atoms with Crippen LogP contribution in [-0.4, -0.2) is 66.3 Å². The minimum absolute atomic E-state index is 0.0393. The van der Waals surface area contributed by atoms with Gasteiger partial charge in [0, 0.05) is 23.0 Å². The van der Waals surface area contributed by atoms with Gasteiger partial charge in [-0.2, -0.15) is 0 Å². The number of carbonyl (C=O) groups is 1. The molecule has 1 saturated heterocycles. The first-order chi connectivity index (χ1) is 18.9. The van der Waals surface area contributed by atoms with Crippen LogP contribution in [0.25, 0.3) is 10.9 Å². The van der Waals surface area contributed by atoms with Gasteiger partial charge in [0.25, 0.3) is 0 Å². The molecule has 2 unspecified atom stereocenters. The second-order valence-electron chi connectivity index (χ2n) is 9.24. The van der Waals surface area contributed by atoms with Crippen molar-refractivity contribution in [1.29, 1.82) is 0 Å². The van der Waals surface area contributed by atoms with E-state index in [4.69, 9.17) is 49.0 Å². The fraction of sp³-hybridized carbons (Fsp3) is 0.321. The summed E-state index contributed by atoms with van der Waals surface area (Å²) in [6, 6.07) is 10.9. The monoisotopic (exact) mass is 588 g/mol. The van der Waals surface area contributed by atoms with Crippen molar-refractivity contribution < 1.29 is 19.0 Å². The molecule has 5 rings (SSSR count).